The number of rotatable bonds is 4. The monoisotopic (exact) mass is 760 g/mol. The number of hydrogen-bond donors (Lipinski definition) is 0. The van der Waals surface area contributed by atoms with Gasteiger partial charge in [0.05, 0.1) is 44.3 Å². The molecular formula is C53H36N4O2. The summed E-state index contributed by atoms with van der Waals surface area (Å²) in [5, 5.41) is 4.58. The quantitative estimate of drug-likeness (QED) is 0.179. The average Bonchev–Trinajstić information content (AvgIpc) is 3.86. The van der Waals surface area contributed by atoms with E-state index in [-0.39, 0.29) is 11.0 Å². The second-order valence-electron chi connectivity index (χ2n) is 16.1. The topological polar surface area (TPSA) is 53.9 Å². The second-order valence-corrected chi connectivity index (χ2v) is 16.1. The van der Waals surface area contributed by atoms with Gasteiger partial charge in [-0.05, 0) is 113 Å². The first-order chi connectivity index (χ1) is 28.9. The molecule has 0 aliphatic heterocycles. The summed E-state index contributed by atoms with van der Waals surface area (Å²) in [5.74, 6) is 0. The molecule has 1 aliphatic rings. The lowest BCUT2D eigenvalue weighted by Gasteiger charge is -2.21. The van der Waals surface area contributed by atoms with Crippen LogP contribution in [0.5, 0.6) is 0 Å². The van der Waals surface area contributed by atoms with Crippen LogP contribution in [0, 0.1) is 0 Å². The van der Waals surface area contributed by atoms with Crippen LogP contribution in [-0.2, 0) is 5.41 Å². The molecule has 3 aromatic heterocycles. The Balaban J connectivity index is 1.13. The Hall–Kier alpha value is -7.70. The first kappa shape index (κ1) is 33.4. The molecule has 0 unspecified atom stereocenters. The van der Waals surface area contributed by atoms with Gasteiger partial charge in [0.15, 0.2) is 0 Å². The maximum Gasteiger partial charge on any atom is 0.340 e. The summed E-state index contributed by atoms with van der Waals surface area (Å²) in [4.78, 5) is 29.6. The van der Waals surface area contributed by atoms with E-state index >= 15 is 4.79 Å². The molecule has 12 rings (SSSR count). The molecule has 59 heavy (non-hydrogen) atoms. The van der Waals surface area contributed by atoms with Crippen molar-refractivity contribution in [2.45, 2.75) is 19.3 Å². The lowest BCUT2D eigenvalue weighted by molar-refractivity contribution is 0.661. The zero-order valence-corrected chi connectivity index (χ0v) is 32.4. The molecule has 0 fully saturated rings. The van der Waals surface area contributed by atoms with E-state index in [1.165, 1.54) is 26.8 Å². The number of para-hydroxylation sites is 4. The molecule has 0 bridgehead atoms. The number of fused-ring (bicyclic) bond motifs is 10. The van der Waals surface area contributed by atoms with E-state index in [2.05, 4.69) is 120 Å². The minimum Gasteiger partial charge on any atom is -0.309 e. The van der Waals surface area contributed by atoms with Gasteiger partial charge in [0.2, 0.25) is 0 Å². The largest absolute Gasteiger partial charge is 0.340 e. The van der Waals surface area contributed by atoms with Gasteiger partial charge in [0, 0.05) is 38.3 Å². The fourth-order valence-corrected chi connectivity index (χ4v) is 9.89. The van der Waals surface area contributed by atoms with E-state index in [1.54, 1.807) is 4.57 Å². The Morgan fingerprint density at radius 3 is 1.51 bits per heavy atom. The van der Waals surface area contributed by atoms with Gasteiger partial charge in [0.25, 0.3) is 5.56 Å². The summed E-state index contributed by atoms with van der Waals surface area (Å²) in [7, 11) is 0. The standard InChI is InChI=1S/C53H36N4O2/c1-53(2)44-22-12-9-19-37(44)40-31-43-42-29-35(25-27-49(42)55(50(43)32-45(40)53)34-17-7-4-8-18-34)56-47-24-14-11-21-39(47)51(58)57(52(56)59)36-26-28-48-41(30-36)38-20-10-13-23-46(38)54(48)33-15-5-3-6-16-33/h3-32H,1-2H3. The highest BCUT2D eigenvalue weighted by Crippen LogP contribution is 2.51. The third-order valence-corrected chi connectivity index (χ3v) is 12.6. The van der Waals surface area contributed by atoms with E-state index in [0.717, 1.165) is 55.0 Å². The van der Waals surface area contributed by atoms with Gasteiger partial charge in [-0.1, -0.05) is 105 Å². The number of benzene rings is 8. The van der Waals surface area contributed by atoms with Crippen LogP contribution < -0.4 is 11.2 Å². The maximum absolute atomic E-state index is 15.1. The van der Waals surface area contributed by atoms with Crippen LogP contribution in [0.3, 0.4) is 0 Å². The molecule has 0 atom stereocenters. The molecule has 0 saturated carbocycles. The normalized spacial score (nSPS) is 13.2. The van der Waals surface area contributed by atoms with Gasteiger partial charge in [-0.25, -0.2) is 9.36 Å². The van der Waals surface area contributed by atoms with Crippen molar-refractivity contribution < 1.29 is 0 Å². The molecule has 0 saturated heterocycles. The number of nitrogens with zero attached hydrogens (tertiary/aromatic N) is 4. The van der Waals surface area contributed by atoms with E-state index in [1.807, 2.05) is 84.9 Å². The van der Waals surface area contributed by atoms with E-state index in [9.17, 15) is 4.79 Å². The van der Waals surface area contributed by atoms with Crippen LogP contribution >= 0.6 is 0 Å². The molecular weight excluding hydrogens is 725 g/mol. The van der Waals surface area contributed by atoms with Crippen molar-refractivity contribution in [3.8, 4) is 33.9 Å². The fourth-order valence-electron chi connectivity index (χ4n) is 9.89. The first-order valence-electron chi connectivity index (χ1n) is 20.0. The molecule has 0 spiro atoms. The van der Waals surface area contributed by atoms with Gasteiger partial charge in [-0.3, -0.25) is 9.36 Å². The third kappa shape index (κ3) is 4.62. The zero-order chi connectivity index (χ0) is 39.6. The predicted octanol–water partition coefficient (Wildman–Crippen LogP) is 11.6. The summed E-state index contributed by atoms with van der Waals surface area (Å²) >= 11 is 0. The minimum absolute atomic E-state index is 0.164. The summed E-state index contributed by atoms with van der Waals surface area (Å²) in [5.41, 5.74) is 12.2. The van der Waals surface area contributed by atoms with Crippen molar-refractivity contribution in [1.82, 2.24) is 18.3 Å². The molecule has 0 amide bonds. The van der Waals surface area contributed by atoms with Crippen molar-refractivity contribution in [3.63, 3.8) is 0 Å². The molecule has 8 aromatic carbocycles. The van der Waals surface area contributed by atoms with Gasteiger partial charge in [0.1, 0.15) is 0 Å². The molecule has 280 valence electrons. The number of hydrogen-bond acceptors (Lipinski definition) is 2. The van der Waals surface area contributed by atoms with E-state index < -0.39 is 5.69 Å². The SMILES string of the molecule is CC1(C)c2ccccc2-c2cc3c4cc(-n5c(=O)n(-c6ccc7c(c6)c6ccccc6n7-c6ccccc6)c(=O)c6ccccc65)ccc4n(-c4ccccc4)c3cc21. The molecule has 6 heteroatoms. The van der Waals surface area contributed by atoms with Gasteiger partial charge < -0.3 is 9.13 Å². The molecule has 1 aliphatic carbocycles. The lowest BCUT2D eigenvalue weighted by Crippen LogP contribution is -2.38. The Labute approximate surface area is 338 Å². The second kappa shape index (κ2) is 12.2. The van der Waals surface area contributed by atoms with Crippen molar-refractivity contribution in [2.75, 3.05) is 0 Å². The lowest BCUT2D eigenvalue weighted by atomic mass is 9.82. The van der Waals surface area contributed by atoms with Gasteiger partial charge >= 0.3 is 5.69 Å². The first-order valence-corrected chi connectivity index (χ1v) is 20.0. The van der Waals surface area contributed by atoms with Gasteiger partial charge in [-0.2, -0.15) is 0 Å². The molecule has 0 N–H and O–H groups in total. The number of aromatic nitrogens is 4. The molecule has 0 radical (unpaired) electrons. The smallest absolute Gasteiger partial charge is 0.309 e. The van der Waals surface area contributed by atoms with Crippen molar-refractivity contribution in [2.24, 2.45) is 0 Å². The Morgan fingerprint density at radius 1 is 0.339 bits per heavy atom. The van der Waals surface area contributed by atoms with Crippen LogP contribution in [0.15, 0.2) is 192 Å². The predicted molar refractivity (Wildman–Crippen MR) is 241 cm³/mol. The summed E-state index contributed by atoms with van der Waals surface area (Å²) in [6.07, 6.45) is 0. The van der Waals surface area contributed by atoms with Crippen LogP contribution in [0.25, 0.3) is 88.4 Å². The van der Waals surface area contributed by atoms with Crippen LogP contribution in [0.1, 0.15) is 25.0 Å². The molecule has 3 heterocycles. The van der Waals surface area contributed by atoms with Gasteiger partial charge in [-0.15, -0.1) is 0 Å². The van der Waals surface area contributed by atoms with Crippen molar-refractivity contribution >= 4 is 54.5 Å². The summed E-state index contributed by atoms with van der Waals surface area (Å²) < 4.78 is 7.59. The highest BCUT2D eigenvalue weighted by molar-refractivity contribution is 6.13. The van der Waals surface area contributed by atoms with Crippen LogP contribution in [0.2, 0.25) is 0 Å². The fraction of sp³-hybridized carbons (Fsp3) is 0.0566. The maximum atomic E-state index is 15.1. The Bertz CT molecular complexity index is 3680. The van der Waals surface area contributed by atoms with E-state index in [4.69, 9.17) is 0 Å². The summed E-state index contributed by atoms with van der Waals surface area (Å²) in [6, 6.07) is 61.9. The third-order valence-electron chi connectivity index (χ3n) is 12.6. The highest BCUT2D eigenvalue weighted by Gasteiger charge is 2.36. The Kier molecular flexibility index (Phi) is 6.89. The van der Waals surface area contributed by atoms with E-state index in [0.29, 0.717) is 22.3 Å². The van der Waals surface area contributed by atoms with Crippen molar-refractivity contribution in [1.29, 1.82) is 0 Å². The van der Waals surface area contributed by atoms with Crippen molar-refractivity contribution in [3.05, 3.63) is 214 Å². The highest BCUT2D eigenvalue weighted by atomic mass is 16.2. The average molecular weight is 761 g/mol. The molecule has 6 nitrogen and oxygen atoms in total. The Morgan fingerprint density at radius 2 is 0.831 bits per heavy atom. The summed E-state index contributed by atoms with van der Waals surface area (Å²) in [6.45, 7) is 4.62. The minimum atomic E-state index is -0.428. The molecule has 11 aromatic rings. The zero-order valence-electron chi connectivity index (χ0n) is 32.4. The van der Waals surface area contributed by atoms with Crippen LogP contribution in [0.4, 0.5) is 0 Å². The van der Waals surface area contributed by atoms with Crippen LogP contribution in [-0.4, -0.2) is 18.3 Å².